The van der Waals surface area contributed by atoms with Crippen molar-refractivity contribution in [3.8, 4) is 0 Å². The summed E-state index contributed by atoms with van der Waals surface area (Å²) in [6.45, 7) is 0. The Morgan fingerprint density at radius 3 is 2.27 bits per heavy atom. The minimum atomic E-state index is -3.46. The summed E-state index contributed by atoms with van der Waals surface area (Å²) in [5.74, 6) is -1.30. The van der Waals surface area contributed by atoms with Gasteiger partial charge in [0.15, 0.2) is 0 Å². The molecule has 0 amide bonds. The molecule has 0 aliphatic rings. The van der Waals surface area contributed by atoms with Gasteiger partial charge in [-0.25, -0.2) is 13.1 Å². The number of rotatable bonds is 4. The molecule has 5 nitrogen and oxygen atoms in total. The van der Waals surface area contributed by atoms with Crippen LogP contribution in [0.2, 0.25) is 0 Å². The molecule has 0 saturated carbocycles. The van der Waals surface area contributed by atoms with Crippen LogP contribution in [0.5, 0.6) is 0 Å². The van der Waals surface area contributed by atoms with Crippen molar-refractivity contribution in [1.82, 2.24) is 4.72 Å². The number of sulfonamides is 1. The van der Waals surface area contributed by atoms with E-state index in [0.717, 1.165) is 6.26 Å². The van der Waals surface area contributed by atoms with Gasteiger partial charge in [-0.2, -0.15) is 12.6 Å². The highest BCUT2D eigenvalue weighted by atomic mass is 32.2. The predicted molar refractivity (Wildman–Crippen MR) is 43.3 cm³/mol. The topological polar surface area (TPSA) is 83.5 Å². The van der Waals surface area contributed by atoms with Crippen molar-refractivity contribution in [2.45, 2.75) is 6.04 Å². The first-order chi connectivity index (χ1) is 4.87. The van der Waals surface area contributed by atoms with Crippen LogP contribution in [0.3, 0.4) is 0 Å². The van der Waals surface area contributed by atoms with Gasteiger partial charge in [-0.15, -0.1) is 0 Å². The molecule has 0 bridgehead atoms. The number of carboxylic acids is 1. The second-order valence-corrected chi connectivity index (χ2v) is 4.11. The Morgan fingerprint density at radius 1 is 1.73 bits per heavy atom. The zero-order chi connectivity index (χ0) is 9.07. The molecule has 1 unspecified atom stereocenters. The molecule has 7 heteroatoms. The first kappa shape index (κ1) is 10.7. The van der Waals surface area contributed by atoms with Gasteiger partial charge in [-0.3, -0.25) is 4.79 Å². The van der Waals surface area contributed by atoms with Crippen LogP contribution in [0.4, 0.5) is 0 Å². The Kier molecular flexibility index (Phi) is 3.84. The number of thiol groups is 1. The third-order valence-electron chi connectivity index (χ3n) is 0.837. The molecule has 0 rings (SSSR count). The largest absolute Gasteiger partial charge is 0.480 e. The van der Waals surface area contributed by atoms with Crippen LogP contribution in [-0.4, -0.2) is 37.5 Å². The van der Waals surface area contributed by atoms with E-state index in [1.54, 1.807) is 0 Å². The van der Waals surface area contributed by atoms with Gasteiger partial charge in [0.05, 0.1) is 6.26 Å². The minimum Gasteiger partial charge on any atom is -0.480 e. The second-order valence-electron chi connectivity index (χ2n) is 1.96. The zero-order valence-electron chi connectivity index (χ0n) is 5.81. The summed E-state index contributed by atoms with van der Waals surface area (Å²) in [6, 6.07) is -1.15. The highest BCUT2D eigenvalue weighted by molar-refractivity contribution is 7.88. The molecule has 0 fully saturated rings. The van der Waals surface area contributed by atoms with Gasteiger partial charge in [-0.05, 0) is 0 Å². The van der Waals surface area contributed by atoms with Crippen molar-refractivity contribution in [1.29, 1.82) is 0 Å². The lowest BCUT2D eigenvalue weighted by Crippen LogP contribution is -2.41. The zero-order valence-corrected chi connectivity index (χ0v) is 7.52. The number of nitrogens with one attached hydrogen (secondary N) is 1. The van der Waals surface area contributed by atoms with Crippen molar-refractivity contribution in [2.24, 2.45) is 0 Å². The summed E-state index contributed by atoms with van der Waals surface area (Å²) in [7, 11) is -3.46. The van der Waals surface area contributed by atoms with Crippen LogP contribution in [-0.2, 0) is 14.8 Å². The van der Waals surface area contributed by atoms with E-state index in [4.69, 9.17) is 5.11 Å². The molecule has 0 aliphatic heterocycles. The SMILES string of the molecule is CS(=O)(=O)NC(CS)C(=O)O. The molecule has 0 saturated heterocycles. The van der Waals surface area contributed by atoms with Crippen molar-refractivity contribution in [3.63, 3.8) is 0 Å². The molecule has 11 heavy (non-hydrogen) atoms. The Bertz CT molecular complexity index is 234. The lowest BCUT2D eigenvalue weighted by molar-refractivity contribution is -0.138. The lowest BCUT2D eigenvalue weighted by Gasteiger charge is -2.08. The summed E-state index contributed by atoms with van der Waals surface area (Å²) >= 11 is 3.66. The van der Waals surface area contributed by atoms with E-state index >= 15 is 0 Å². The molecular weight excluding hydrogens is 190 g/mol. The van der Waals surface area contributed by atoms with E-state index in [9.17, 15) is 13.2 Å². The van der Waals surface area contributed by atoms with E-state index in [1.807, 2.05) is 4.72 Å². The van der Waals surface area contributed by atoms with E-state index < -0.39 is 22.0 Å². The molecule has 1 atom stereocenters. The first-order valence-electron chi connectivity index (χ1n) is 2.68. The van der Waals surface area contributed by atoms with E-state index in [2.05, 4.69) is 12.6 Å². The molecule has 0 aromatic heterocycles. The van der Waals surface area contributed by atoms with Gasteiger partial charge in [0.2, 0.25) is 10.0 Å². The van der Waals surface area contributed by atoms with Gasteiger partial charge in [0.25, 0.3) is 0 Å². The third-order valence-corrected chi connectivity index (χ3v) is 1.91. The Balaban J connectivity index is 4.22. The van der Waals surface area contributed by atoms with Crippen molar-refractivity contribution >= 4 is 28.6 Å². The fraction of sp³-hybridized carbons (Fsp3) is 0.750. The monoisotopic (exact) mass is 199 g/mol. The summed E-state index contributed by atoms with van der Waals surface area (Å²) < 4.78 is 22.9. The highest BCUT2D eigenvalue weighted by Gasteiger charge is 2.18. The Hall–Kier alpha value is -0.270. The van der Waals surface area contributed by atoms with Crippen LogP contribution < -0.4 is 4.72 Å². The maximum absolute atomic E-state index is 10.5. The second kappa shape index (κ2) is 3.93. The van der Waals surface area contributed by atoms with Crippen molar-refractivity contribution in [3.05, 3.63) is 0 Å². The molecule has 0 aliphatic carbocycles. The maximum Gasteiger partial charge on any atom is 0.322 e. The quantitative estimate of drug-likeness (QED) is 0.503. The van der Waals surface area contributed by atoms with Gasteiger partial charge in [-0.1, -0.05) is 0 Å². The fourth-order valence-corrected chi connectivity index (χ4v) is 1.50. The molecule has 0 radical (unpaired) electrons. The average molecular weight is 199 g/mol. The maximum atomic E-state index is 10.5. The molecule has 0 spiro atoms. The normalized spacial score (nSPS) is 14.4. The summed E-state index contributed by atoms with van der Waals surface area (Å²) in [4.78, 5) is 10.2. The lowest BCUT2D eigenvalue weighted by atomic mass is 10.4. The van der Waals surface area contributed by atoms with Crippen LogP contribution in [0.25, 0.3) is 0 Å². The summed E-state index contributed by atoms with van der Waals surface area (Å²) in [5, 5.41) is 8.36. The van der Waals surface area contributed by atoms with E-state index in [0.29, 0.717) is 0 Å². The van der Waals surface area contributed by atoms with Gasteiger partial charge < -0.3 is 5.11 Å². The standard InChI is InChI=1S/C4H9NO4S2/c1-11(8,9)5-3(2-10)4(6)7/h3,5,10H,2H2,1H3,(H,6,7). The number of hydrogen-bond donors (Lipinski definition) is 3. The summed E-state index contributed by atoms with van der Waals surface area (Å²) in [6.07, 6.45) is 0.895. The van der Waals surface area contributed by atoms with Crippen molar-refractivity contribution < 1.29 is 18.3 Å². The van der Waals surface area contributed by atoms with Gasteiger partial charge in [0, 0.05) is 5.75 Å². The van der Waals surface area contributed by atoms with E-state index in [1.165, 1.54) is 0 Å². The Morgan fingerprint density at radius 2 is 2.18 bits per heavy atom. The van der Waals surface area contributed by atoms with Crippen LogP contribution in [0, 0.1) is 0 Å². The third kappa shape index (κ3) is 5.05. The molecular formula is C4H9NO4S2. The molecule has 2 N–H and O–H groups in total. The predicted octanol–water partition coefficient (Wildman–Crippen LogP) is -1.08. The molecule has 0 heterocycles. The van der Waals surface area contributed by atoms with Crippen LogP contribution >= 0.6 is 12.6 Å². The molecule has 66 valence electrons. The Labute approximate surface area is 70.3 Å². The number of carboxylic acid groups (broad SMARTS) is 1. The van der Waals surface area contributed by atoms with Gasteiger partial charge >= 0.3 is 5.97 Å². The van der Waals surface area contributed by atoms with Gasteiger partial charge in [0.1, 0.15) is 6.04 Å². The smallest absolute Gasteiger partial charge is 0.322 e. The van der Waals surface area contributed by atoms with E-state index in [-0.39, 0.29) is 5.75 Å². The number of hydrogen-bond acceptors (Lipinski definition) is 4. The molecule has 0 aromatic carbocycles. The fourth-order valence-electron chi connectivity index (χ4n) is 0.424. The van der Waals surface area contributed by atoms with Crippen molar-refractivity contribution in [2.75, 3.05) is 12.0 Å². The number of aliphatic carboxylic acids is 1. The minimum absolute atomic E-state index is 0.0671. The average Bonchev–Trinajstić information content (AvgIpc) is 1.80. The van der Waals surface area contributed by atoms with Crippen LogP contribution in [0.15, 0.2) is 0 Å². The molecule has 0 aromatic rings. The summed E-state index contributed by atoms with van der Waals surface area (Å²) in [5.41, 5.74) is 0. The number of carbonyl (C=O) groups is 1. The highest BCUT2D eigenvalue weighted by Crippen LogP contribution is 1.90. The van der Waals surface area contributed by atoms with Crippen LogP contribution in [0.1, 0.15) is 0 Å². The first-order valence-corrected chi connectivity index (χ1v) is 5.20.